The molecule has 1 aliphatic rings. The zero-order valence-electron chi connectivity index (χ0n) is 15.7. The van der Waals surface area contributed by atoms with E-state index in [1.807, 2.05) is 13.1 Å². The Kier molecular flexibility index (Phi) is 4.34. The molecule has 1 fully saturated rings. The normalized spacial score (nSPS) is 23.0. The van der Waals surface area contributed by atoms with E-state index in [0.717, 1.165) is 5.69 Å². The van der Waals surface area contributed by atoms with Crippen LogP contribution < -0.4 is 5.73 Å². The molecule has 2 atom stereocenters. The lowest BCUT2D eigenvalue weighted by Crippen LogP contribution is -2.52. The third-order valence-electron chi connectivity index (χ3n) is 5.29. The lowest BCUT2D eigenvalue weighted by Gasteiger charge is -2.42. The van der Waals surface area contributed by atoms with Crippen molar-refractivity contribution in [2.24, 2.45) is 7.05 Å². The molecule has 4 heterocycles. The number of carbonyl (C=O) groups excluding carboxylic acids is 1. The Bertz CT molecular complexity index is 1050. The fourth-order valence-electron chi connectivity index (χ4n) is 3.52. The summed E-state index contributed by atoms with van der Waals surface area (Å²) in [5.74, 6) is 0.159. The van der Waals surface area contributed by atoms with Crippen molar-refractivity contribution in [2.45, 2.75) is 25.0 Å². The maximum Gasteiger partial charge on any atom is 0.246 e. The highest BCUT2D eigenvalue weighted by Gasteiger charge is 2.40. The van der Waals surface area contributed by atoms with Crippen LogP contribution in [0.1, 0.15) is 25.1 Å². The average Bonchev–Trinajstić information content (AvgIpc) is 3.26. The Morgan fingerprint density at radius 1 is 1.39 bits per heavy atom. The smallest absolute Gasteiger partial charge is 0.246 e. The first-order chi connectivity index (χ1) is 13.4. The summed E-state index contributed by atoms with van der Waals surface area (Å²) in [5, 5.41) is 15.0. The first-order valence-electron chi connectivity index (χ1n) is 8.97. The van der Waals surface area contributed by atoms with Crippen molar-refractivity contribution in [1.82, 2.24) is 34.2 Å². The molecular weight excluding hydrogens is 360 g/mol. The van der Waals surface area contributed by atoms with Crippen molar-refractivity contribution < 1.29 is 9.90 Å². The fourth-order valence-corrected chi connectivity index (χ4v) is 3.52. The molecule has 0 saturated carbocycles. The van der Waals surface area contributed by atoms with Crippen LogP contribution in [-0.4, -0.2) is 63.9 Å². The predicted octanol–water partition coefficient (Wildman–Crippen LogP) is 0.380. The highest BCUT2D eigenvalue weighted by Crippen LogP contribution is 2.34. The Balaban J connectivity index is 1.60. The van der Waals surface area contributed by atoms with Crippen LogP contribution in [0.2, 0.25) is 0 Å². The third kappa shape index (κ3) is 3.11. The maximum absolute atomic E-state index is 12.7. The van der Waals surface area contributed by atoms with Crippen molar-refractivity contribution in [1.29, 1.82) is 0 Å². The molecule has 28 heavy (non-hydrogen) atoms. The molecule has 0 unspecified atom stereocenters. The number of carbonyl (C=O) groups is 1. The molecule has 10 heteroatoms. The van der Waals surface area contributed by atoms with Gasteiger partial charge >= 0.3 is 0 Å². The van der Waals surface area contributed by atoms with Gasteiger partial charge in [-0.2, -0.15) is 5.10 Å². The number of anilines is 1. The molecule has 146 valence electrons. The first kappa shape index (κ1) is 18.1. The maximum atomic E-state index is 12.7. The van der Waals surface area contributed by atoms with Gasteiger partial charge in [0, 0.05) is 32.4 Å². The van der Waals surface area contributed by atoms with Gasteiger partial charge in [-0.05, 0) is 25.5 Å². The van der Waals surface area contributed by atoms with Crippen molar-refractivity contribution >= 4 is 29.0 Å². The third-order valence-corrected chi connectivity index (χ3v) is 5.29. The molecule has 0 bridgehead atoms. The second-order valence-electron chi connectivity index (χ2n) is 7.20. The lowest BCUT2D eigenvalue weighted by molar-refractivity contribution is -0.132. The molecule has 3 aromatic heterocycles. The fraction of sp³-hybridized carbons (Fsp3) is 0.389. The average molecular weight is 382 g/mol. The standard InChI is InChI=1S/C18H22N8O2/c1-18(28)6-8-25(14(27)4-3-12-5-7-23-24(12)2)9-13(18)26-11-22-15-16(19)20-10-21-17(15)26/h3-5,7,10-11,13,28H,6,8-9H2,1-2H3,(H2,19,20,21)/b4-3+/t13-,18-/m1/s1. The van der Waals surface area contributed by atoms with Gasteiger partial charge < -0.3 is 20.3 Å². The van der Waals surface area contributed by atoms with Crippen LogP contribution in [0.15, 0.2) is 31.0 Å². The van der Waals surface area contributed by atoms with E-state index in [9.17, 15) is 9.90 Å². The number of rotatable bonds is 3. The van der Waals surface area contributed by atoms with Crippen LogP contribution in [0.4, 0.5) is 5.82 Å². The van der Waals surface area contributed by atoms with Crippen LogP contribution in [0.25, 0.3) is 17.2 Å². The number of likely N-dealkylation sites (tertiary alicyclic amines) is 1. The summed E-state index contributed by atoms with van der Waals surface area (Å²) in [6, 6.07) is 1.42. The number of piperidine rings is 1. The zero-order chi connectivity index (χ0) is 19.9. The summed E-state index contributed by atoms with van der Waals surface area (Å²) in [5.41, 5.74) is 6.71. The van der Waals surface area contributed by atoms with Gasteiger partial charge in [-0.15, -0.1) is 0 Å². The van der Waals surface area contributed by atoms with Crippen LogP contribution in [0.5, 0.6) is 0 Å². The number of aryl methyl sites for hydroxylation is 1. The molecule has 1 saturated heterocycles. The van der Waals surface area contributed by atoms with E-state index in [2.05, 4.69) is 20.1 Å². The monoisotopic (exact) mass is 382 g/mol. The number of hydrogen-bond donors (Lipinski definition) is 2. The van der Waals surface area contributed by atoms with E-state index in [1.165, 1.54) is 12.4 Å². The van der Waals surface area contributed by atoms with Crippen LogP contribution in [-0.2, 0) is 11.8 Å². The summed E-state index contributed by atoms with van der Waals surface area (Å²) in [6.07, 6.45) is 8.33. The minimum atomic E-state index is -1.02. The van der Waals surface area contributed by atoms with E-state index in [0.29, 0.717) is 30.7 Å². The summed E-state index contributed by atoms with van der Waals surface area (Å²) in [7, 11) is 1.82. The first-order valence-corrected chi connectivity index (χ1v) is 8.97. The zero-order valence-corrected chi connectivity index (χ0v) is 15.7. The van der Waals surface area contributed by atoms with Gasteiger partial charge in [-0.25, -0.2) is 15.0 Å². The summed E-state index contributed by atoms with van der Waals surface area (Å²) < 4.78 is 3.47. The Morgan fingerprint density at radius 2 is 2.21 bits per heavy atom. The van der Waals surface area contributed by atoms with E-state index in [1.54, 1.807) is 39.7 Å². The summed E-state index contributed by atoms with van der Waals surface area (Å²) in [6.45, 7) is 2.56. The topological polar surface area (TPSA) is 128 Å². The Labute approximate surface area is 161 Å². The highest BCUT2D eigenvalue weighted by atomic mass is 16.3. The summed E-state index contributed by atoms with van der Waals surface area (Å²) >= 11 is 0. The Morgan fingerprint density at radius 3 is 2.96 bits per heavy atom. The number of imidazole rings is 1. The number of nitrogens with two attached hydrogens (primary N) is 1. The van der Waals surface area contributed by atoms with E-state index in [4.69, 9.17) is 5.73 Å². The largest absolute Gasteiger partial charge is 0.388 e. The molecule has 10 nitrogen and oxygen atoms in total. The highest BCUT2D eigenvalue weighted by molar-refractivity contribution is 5.91. The van der Waals surface area contributed by atoms with Gasteiger partial charge in [0.15, 0.2) is 11.5 Å². The van der Waals surface area contributed by atoms with Gasteiger partial charge in [0.1, 0.15) is 11.8 Å². The van der Waals surface area contributed by atoms with Gasteiger partial charge in [0.05, 0.1) is 23.7 Å². The lowest BCUT2D eigenvalue weighted by atomic mass is 9.88. The number of hydrogen-bond acceptors (Lipinski definition) is 7. The Hall–Kier alpha value is -3.27. The number of nitrogens with zero attached hydrogens (tertiary/aromatic N) is 7. The van der Waals surface area contributed by atoms with Crippen molar-refractivity contribution in [3.8, 4) is 0 Å². The molecule has 0 spiro atoms. The number of aliphatic hydroxyl groups is 1. The number of nitrogen functional groups attached to an aromatic ring is 1. The van der Waals surface area contributed by atoms with Crippen molar-refractivity contribution in [3.05, 3.63) is 36.7 Å². The molecule has 1 amide bonds. The van der Waals surface area contributed by atoms with Gasteiger partial charge in [0.2, 0.25) is 5.91 Å². The summed E-state index contributed by atoms with van der Waals surface area (Å²) in [4.78, 5) is 26.9. The molecule has 3 N–H and O–H groups in total. The van der Waals surface area contributed by atoms with Gasteiger partial charge in [-0.3, -0.25) is 9.48 Å². The second kappa shape index (κ2) is 6.71. The molecule has 3 aromatic rings. The van der Waals surface area contributed by atoms with E-state index in [-0.39, 0.29) is 11.7 Å². The van der Waals surface area contributed by atoms with Gasteiger partial charge in [-0.1, -0.05) is 0 Å². The molecule has 0 aromatic carbocycles. The van der Waals surface area contributed by atoms with E-state index < -0.39 is 11.6 Å². The van der Waals surface area contributed by atoms with Gasteiger partial charge in [0.25, 0.3) is 0 Å². The minimum Gasteiger partial charge on any atom is -0.388 e. The minimum absolute atomic E-state index is 0.125. The van der Waals surface area contributed by atoms with Crippen LogP contribution in [0.3, 0.4) is 0 Å². The second-order valence-corrected chi connectivity index (χ2v) is 7.20. The molecule has 1 aliphatic heterocycles. The number of fused-ring (bicyclic) bond motifs is 1. The van der Waals surface area contributed by atoms with Crippen LogP contribution in [0, 0.1) is 0 Å². The van der Waals surface area contributed by atoms with Crippen molar-refractivity contribution in [3.63, 3.8) is 0 Å². The molecule has 0 radical (unpaired) electrons. The number of amides is 1. The predicted molar refractivity (Wildman–Crippen MR) is 103 cm³/mol. The van der Waals surface area contributed by atoms with Crippen LogP contribution >= 0.6 is 0 Å². The molecule has 0 aliphatic carbocycles. The SMILES string of the molecule is Cn1nccc1/C=C/C(=O)N1CC[C@@](C)(O)[C@H](n2cnc3c(N)ncnc32)C1. The van der Waals surface area contributed by atoms with E-state index >= 15 is 0 Å². The van der Waals surface area contributed by atoms with Crippen molar-refractivity contribution in [2.75, 3.05) is 18.8 Å². The number of aromatic nitrogens is 6. The molecule has 4 rings (SSSR count). The quantitative estimate of drug-likeness (QED) is 0.627. The molecular formula is C18H22N8O2.